The summed E-state index contributed by atoms with van der Waals surface area (Å²) in [5, 5.41) is 0. The molecule has 16 heavy (non-hydrogen) atoms. The Morgan fingerprint density at radius 2 is 2.25 bits per heavy atom. The SMILES string of the molecule is CCOC[C@H]1CCN(c2ccccc2N)C1. The summed E-state index contributed by atoms with van der Waals surface area (Å²) in [5.74, 6) is 0.652. The van der Waals surface area contributed by atoms with E-state index in [1.165, 1.54) is 12.1 Å². The van der Waals surface area contributed by atoms with Gasteiger partial charge in [0.05, 0.1) is 18.0 Å². The molecule has 0 radical (unpaired) electrons. The highest BCUT2D eigenvalue weighted by Gasteiger charge is 2.23. The third kappa shape index (κ3) is 2.47. The average molecular weight is 220 g/mol. The first-order valence-electron chi connectivity index (χ1n) is 5.98. The number of nitrogens with zero attached hydrogens (tertiary/aromatic N) is 1. The molecule has 1 aliphatic heterocycles. The quantitative estimate of drug-likeness (QED) is 0.790. The van der Waals surface area contributed by atoms with E-state index in [0.29, 0.717) is 5.92 Å². The van der Waals surface area contributed by atoms with E-state index >= 15 is 0 Å². The van der Waals surface area contributed by atoms with Gasteiger partial charge in [-0.25, -0.2) is 0 Å². The van der Waals surface area contributed by atoms with Crippen molar-refractivity contribution in [3.63, 3.8) is 0 Å². The summed E-state index contributed by atoms with van der Waals surface area (Å²) < 4.78 is 5.47. The number of hydrogen-bond acceptors (Lipinski definition) is 3. The molecule has 1 fully saturated rings. The van der Waals surface area contributed by atoms with E-state index < -0.39 is 0 Å². The lowest BCUT2D eigenvalue weighted by atomic mass is 10.1. The molecule has 3 nitrogen and oxygen atoms in total. The molecule has 0 saturated carbocycles. The molecule has 0 bridgehead atoms. The fourth-order valence-electron chi connectivity index (χ4n) is 2.25. The molecule has 0 aliphatic carbocycles. The highest BCUT2D eigenvalue weighted by atomic mass is 16.5. The van der Waals surface area contributed by atoms with Crippen LogP contribution in [0.4, 0.5) is 11.4 Å². The van der Waals surface area contributed by atoms with Crippen LogP contribution in [0.15, 0.2) is 24.3 Å². The Bertz CT molecular complexity index is 340. The molecular formula is C13H20N2O. The van der Waals surface area contributed by atoms with E-state index in [-0.39, 0.29) is 0 Å². The van der Waals surface area contributed by atoms with Gasteiger partial charge in [-0.3, -0.25) is 0 Å². The normalized spacial score (nSPS) is 20.3. The van der Waals surface area contributed by atoms with Crippen LogP contribution in [-0.4, -0.2) is 26.3 Å². The Morgan fingerprint density at radius 1 is 1.44 bits per heavy atom. The minimum absolute atomic E-state index is 0.652. The zero-order valence-electron chi connectivity index (χ0n) is 9.86. The summed E-state index contributed by atoms with van der Waals surface area (Å²) in [6, 6.07) is 8.08. The Hall–Kier alpha value is -1.22. The molecule has 1 aliphatic rings. The molecule has 1 atom stereocenters. The number of anilines is 2. The molecule has 0 unspecified atom stereocenters. The third-order valence-corrected chi connectivity index (χ3v) is 3.12. The van der Waals surface area contributed by atoms with Gasteiger partial charge in [-0.2, -0.15) is 0 Å². The largest absolute Gasteiger partial charge is 0.397 e. The highest BCUT2D eigenvalue weighted by molar-refractivity contribution is 5.67. The van der Waals surface area contributed by atoms with E-state index in [9.17, 15) is 0 Å². The van der Waals surface area contributed by atoms with E-state index in [1.54, 1.807) is 0 Å². The van der Waals surface area contributed by atoms with Crippen LogP contribution in [-0.2, 0) is 4.74 Å². The summed E-state index contributed by atoms with van der Waals surface area (Å²) in [7, 11) is 0. The topological polar surface area (TPSA) is 38.5 Å². The summed E-state index contributed by atoms with van der Waals surface area (Å²) in [4.78, 5) is 2.36. The van der Waals surface area contributed by atoms with Gasteiger partial charge >= 0.3 is 0 Å². The number of nitrogen functional groups attached to an aromatic ring is 1. The zero-order valence-corrected chi connectivity index (χ0v) is 9.86. The third-order valence-electron chi connectivity index (χ3n) is 3.12. The van der Waals surface area contributed by atoms with Gasteiger partial charge in [0.1, 0.15) is 0 Å². The Morgan fingerprint density at radius 3 is 3.00 bits per heavy atom. The highest BCUT2D eigenvalue weighted by Crippen LogP contribution is 2.28. The molecule has 0 spiro atoms. The Kier molecular flexibility index (Phi) is 3.67. The first-order valence-corrected chi connectivity index (χ1v) is 5.98. The van der Waals surface area contributed by atoms with E-state index in [2.05, 4.69) is 11.0 Å². The van der Waals surface area contributed by atoms with Gasteiger partial charge in [-0.05, 0) is 25.5 Å². The van der Waals surface area contributed by atoms with Gasteiger partial charge in [-0.15, -0.1) is 0 Å². The number of hydrogen-bond donors (Lipinski definition) is 1. The van der Waals surface area contributed by atoms with Gasteiger partial charge in [0.25, 0.3) is 0 Å². The molecule has 88 valence electrons. The van der Waals surface area contributed by atoms with Crippen molar-refractivity contribution in [1.82, 2.24) is 0 Å². The summed E-state index contributed by atoms with van der Waals surface area (Å²) in [6.45, 7) is 5.88. The van der Waals surface area contributed by atoms with E-state index in [4.69, 9.17) is 10.5 Å². The predicted octanol–water partition coefficient (Wildman–Crippen LogP) is 2.13. The van der Waals surface area contributed by atoms with Crippen LogP contribution in [0, 0.1) is 5.92 Å². The van der Waals surface area contributed by atoms with Crippen molar-refractivity contribution in [2.45, 2.75) is 13.3 Å². The molecule has 3 heteroatoms. The number of para-hydroxylation sites is 2. The first-order chi connectivity index (χ1) is 7.81. The summed E-state index contributed by atoms with van der Waals surface area (Å²) >= 11 is 0. The van der Waals surface area contributed by atoms with Crippen LogP contribution in [0.1, 0.15) is 13.3 Å². The fourth-order valence-corrected chi connectivity index (χ4v) is 2.25. The first kappa shape index (κ1) is 11.3. The second-order valence-corrected chi connectivity index (χ2v) is 4.32. The molecule has 0 aromatic heterocycles. The molecule has 1 heterocycles. The number of nitrogens with two attached hydrogens (primary N) is 1. The van der Waals surface area contributed by atoms with Gasteiger partial charge in [0.2, 0.25) is 0 Å². The van der Waals surface area contributed by atoms with Gasteiger partial charge in [0.15, 0.2) is 0 Å². The molecule has 1 aromatic rings. The molecule has 2 rings (SSSR count). The molecule has 2 N–H and O–H groups in total. The fraction of sp³-hybridized carbons (Fsp3) is 0.538. The van der Waals surface area contributed by atoms with Gasteiger partial charge < -0.3 is 15.4 Å². The number of ether oxygens (including phenoxy) is 1. The van der Waals surface area contributed by atoms with Crippen LogP contribution in [0.2, 0.25) is 0 Å². The van der Waals surface area contributed by atoms with Crippen LogP contribution >= 0.6 is 0 Å². The van der Waals surface area contributed by atoms with Crippen molar-refractivity contribution in [1.29, 1.82) is 0 Å². The average Bonchev–Trinajstić information content (AvgIpc) is 2.75. The second kappa shape index (κ2) is 5.21. The van der Waals surface area contributed by atoms with Crippen LogP contribution in [0.5, 0.6) is 0 Å². The summed E-state index contributed by atoms with van der Waals surface area (Å²) in [5.41, 5.74) is 8.02. The maximum Gasteiger partial charge on any atom is 0.0600 e. The smallest absolute Gasteiger partial charge is 0.0600 e. The Balaban J connectivity index is 1.96. The summed E-state index contributed by atoms with van der Waals surface area (Å²) in [6.07, 6.45) is 1.20. The van der Waals surface area contributed by atoms with Crippen LogP contribution < -0.4 is 10.6 Å². The van der Waals surface area contributed by atoms with Crippen molar-refractivity contribution in [3.05, 3.63) is 24.3 Å². The lowest BCUT2D eigenvalue weighted by Gasteiger charge is -2.20. The standard InChI is InChI=1S/C13H20N2O/c1-2-16-10-11-7-8-15(9-11)13-6-4-3-5-12(13)14/h3-6,11H,2,7-10,14H2,1H3/t11-/m0/s1. The minimum atomic E-state index is 0.652. The van der Waals surface area contributed by atoms with Crippen molar-refractivity contribution < 1.29 is 4.74 Å². The van der Waals surface area contributed by atoms with Crippen molar-refractivity contribution in [2.75, 3.05) is 36.9 Å². The van der Waals surface area contributed by atoms with Crippen molar-refractivity contribution in [2.24, 2.45) is 5.92 Å². The second-order valence-electron chi connectivity index (χ2n) is 4.32. The maximum absolute atomic E-state index is 5.97. The van der Waals surface area contributed by atoms with Crippen molar-refractivity contribution in [3.8, 4) is 0 Å². The Labute approximate surface area is 97.2 Å². The molecule has 1 aromatic carbocycles. The van der Waals surface area contributed by atoms with Crippen LogP contribution in [0.25, 0.3) is 0 Å². The molecular weight excluding hydrogens is 200 g/mol. The monoisotopic (exact) mass is 220 g/mol. The van der Waals surface area contributed by atoms with E-state index in [1.807, 2.05) is 25.1 Å². The minimum Gasteiger partial charge on any atom is -0.397 e. The van der Waals surface area contributed by atoms with Crippen molar-refractivity contribution >= 4 is 11.4 Å². The number of rotatable bonds is 4. The van der Waals surface area contributed by atoms with E-state index in [0.717, 1.165) is 32.0 Å². The number of benzene rings is 1. The lowest BCUT2D eigenvalue weighted by Crippen LogP contribution is -2.22. The van der Waals surface area contributed by atoms with Crippen LogP contribution in [0.3, 0.4) is 0 Å². The zero-order chi connectivity index (χ0) is 11.4. The molecule has 0 amide bonds. The lowest BCUT2D eigenvalue weighted by molar-refractivity contribution is 0.117. The predicted molar refractivity (Wildman–Crippen MR) is 67.7 cm³/mol. The maximum atomic E-state index is 5.97. The van der Waals surface area contributed by atoms with Gasteiger partial charge in [-0.1, -0.05) is 12.1 Å². The van der Waals surface area contributed by atoms with Gasteiger partial charge in [0, 0.05) is 25.6 Å². The molecule has 1 saturated heterocycles.